The molecule has 7 N–H and O–H groups in total. The van der Waals surface area contributed by atoms with Crippen molar-refractivity contribution in [3.8, 4) is 11.5 Å². The van der Waals surface area contributed by atoms with Gasteiger partial charge in [0.1, 0.15) is 40.5 Å². The number of hydrogen-bond donors (Lipinski definition) is 7. The molecule has 1 aromatic heterocycles. The van der Waals surface area contributed by atoms with E-state index in [1.54, 1.807) is 65.8 Å². The Labute approximate surface area is 328 Å². The van der Waals surface area contributed by atoms with Crippen LogP contribution in [0.15, 0.2) is 53.3 Å². The van der Waals surface area contributed by atoms with Gasteiger partial charge in [-0.2, -0.15) is 0 Å². The van der Waals surface area contributed by atoms with Crippen LogP contribution >= 0.6 is 0 Å². The maximum Gasteiger partial charge on any atom is 0.408 e. The highest BCUT2D eigenvalue weighted by Crippen LogP contribution is 2.15. The smallest absolute Gasteiger partial charge is 0.408 e. The van der Waals surface area contributed by atoms with Gasteiger partial charge in [-0.05, 0) is 122 Å². The summed E-state index contributed by atoms with van der Waals surface area (Å²) < 4.78 is 10.7. The lowest BCUT2D eigenvalue weighted by molar-refractivity contribution is -0.123. The van der Waals surface area contributed by atoms with Crippen molar-refractivity contribution in [1.29, 1.82) is 0 Å². The van der Waals surface area contributed by atoms with E-state index in [4.69, 9.17) is 9.47 Å². The lowest BCUT2D eigenvalue weighted by Gasteiger charge is -2.23. The molecule has 1 heterocycles. The Balaban J connectivity index is 1.45. The number of aromatic nitrogens is 2. The molecule has 4 amide bonds. The number of rotatable bonds is 18. The van der Waals surface area contributed by atoms with Gasteiger partial charge in [0, 0.05) is 31.6 Å². The molecule has 0 aliphatic carbocycles. The quantitative estimate of drug-likeness (QED) is 0.0887. The van der Waals surface area contributed by atoms with E-state index in [2.05, 4.69) is 31.2 Å². The lowest BCUT2D eigenvalue weighted by Crippen LogP contribution is -2.49. The summed E-state index contributed by atoms with van der Waals surface area (Å²) in [7, 11) is 0. The molecule has 2 atom stereocenters. The fourth-order valence-corrected chi connectivity index (χ4v) is 5.60. The van der Waals surface area contributed by atoms with Gasteiger partial charge in [-0.25, -0.2) is 9.59 Å². The number of phenols is 2. The first-order valence-electron chi connectivity index (χ1n) is 19.0. The second-order valence-corrected chi connectivity index (χ2v) is 15.7. The van der Waals surface area contributed by atoms with E-state index < -0.39 is 35.5 Å². The number of hydrogen-bond acceptors (Lipinski definition) is 10. The van der Waals surface area contributed by atoms with E-state index >= 15 is 0 Å². The molecule has 15 nitrogen and oxygen atoms in total. The van der Waals surface area contributed by atoms with Gasteiger partial charge < -0.3 is 45.9 Å². The maximum absolute atomic E-state index is 13.1. The molecule has 0 unspecified atom stereocenters. The molecule has 0 spiro atoms. The van der Waals surface area contributed by atoms with Crippen LogP contribution in [-0.4, -0.2) is 80.6 Å². The number of aryl methyl sites for hydroxylation is 3. The third-order valence-electron chi connectivity index (χ3n) is 8.33. The largest absolute Gasteiger partial charge is 0.508 e. The maximum atomic E-state index is 13.1. The highest BCUT2D eigenvalue weighted by Gasteiger charge is 2.26. The number of ether oxygens (including phenoxy) is 2. The summed E-state index contributed by atoms with van der Waals surface area (Å²) in [5.74, 6) is -0.561. The standard InChI is InChI=1S/C41H58N6O9/c1-26-31(12-8-10-22-42-35(50)33(46-38(53)55-40(2,3)4)24-27-14-18-29(48)19-15-27)45-37(52)32(44-26)13-9-11-23-43-36(51)34(47-39(54)56-41(5,6)7)25-28-16-20-30(49)21-17-28/h14-21,33-34,48-49H,8-13,22-25H2,1-7H3,(H,42,50)(H,43,51)(H,45,52)(H,46,53)(H,47,54)/t33-,34-/m0/s1. The van der Waals surface area contributed by atoms with Crippen LogP contribution in [0.4, 0.5) is 9.59 Å². The molecule has 0 saturated heterocycles. The minimum absolute atomic E-state index is 0.0944. The molecule has 3 rings (SSSR count). The van der Waals surface area contributed by atoms with Gasteiger partial charge in [-0.3, -0.25) is 19.4 Å². The number of aromatic amines is 1. The Morgan fingerprint density at radius 3 is 1.50 bits per heavy atom. The van der Waals surface area contributed by atoms with Crippen LogP contribution in [0.3, 0.4) is 0 Å². The van der Waals surface area contributed by atoms with E-state index in [0.29, 0.717) is 68.7 Å². The van der Waals surface area contributed by atoms with Crippen LogP contribution < -0.4 is 26.8 Å². The summed E-state index contributed by atoms with van der Waals surface area (Å²) in [6.45, 7) is 12.9. The van der Waals surface area contributed by atoms with Gasteiger partial charge >= 0.3 is 12.2 Å². The molecule has 0 radical (unpaired) electrons. The minimum atomic E-state index is -0.903. The Morgan fingerprint density at radius 1 is 0.679 bits per heavy atom. The van der Waals surface area contributed by atoms with Crippen molar-refractivity contribution in [3.05, 3.63) is 87.1 Å². The van der Waals surface area contributed by atoms with Crippen LogP contribution in [0, 0.1) is 6.92 Å². The van der Waals surface area contributed by atoms with E-state index in [1.807, 2.05) is 6.92 Å². The summed E-state index contributed by atoms with van der Waals surface area (Å²) in [5.41, 5.74) is 1.57. The zero-order chi connectivity index (χ0) is 41.5. The Hall–Kier alpha value is -5.60. The average molecular weight is 779 g/mol. The van der Waals surface area contributed by atoms with E-state index in [1.165, 1.54) is 24.3 Å². The fraction of sp³-hybridized carbons (Fsp3) is 0.512. The van der Waals surface area contributed by atoms with Crippen LogP contribution in [0.25, 0.3) is 0 Å². The normalized spacial score (nSPS) is 12.6. The van der Waals surface area contributed by atoms with Crippen LogP contribution in [0.5, 0.6) is 11.5 Å². The van der Waals surface area contributed by atoms with E-state index in [-0.39, 0.29) is 41.7 Å². The molecule has 0 fully saturated rings. The first kappa shape index (κ1) is 44.8. The number of carbonyl (C=O) groups excluding carboxylic acids is 4. The van der Waals surface area contributed by atoms with Crippen molar-refractivity contribution >= 4 is 24.0 Å². The predicted molar refractivity (Wildman–Crippen MR) is 211 cm³/mol. The molecule has 0 aliphatic heterocycles. The number of carbonyl (C=O) groups is 4. The molecule has 0 bridgehead atoms. The van der Waals surface area contributed by atoms with Crippen LogP contribution in [0.1, 0.15) is 95.4 Å². The minimum Gasteiger partial charge on any atom is -0.508 e. The van der Waals surface area contributed by atoms with Crippen molar-refractivity contribution in [2.45, 2.75) is 123 Å². The molecule has 0 saturated carbocycles. The van der Waals surface area contributed by atoms with E-state index in [9.17, 15) is 34.2 Å². The van der Waals surface area contributed by atoms with Crippen LogP contribution in [0.2, 0.25) is 0 Å². The number of aromatic hydroxyl groups is 2. The van der Waals surface area contributed by atoms with Crippen molar-refractivity contribution < 1.29 is 38.9 Å². The number of alkyl carbamates (subject to hydrolysis) is 2. The zero-order valence-corrected chi connectivity index (χ0v) is 33.5. The highest BCUT2D eigenvalue weighted by atomic mass is 16.6. The molecule has 0 aliphatic rings. The van der Waals surface area contributed by atoms with Gasteiger partial charge in [0.15, 0.2) is 0 Å². The number of phenolic OH excluding ortho intramolecular Hbond substituents is 2. The third-order valence-corrected chi connectivity index (χ3v) is 8.33. The second kappa shape index (κ2) is 20.9. The number of nitrogens with one attached hydrogen (secondary N) is 5. The summed E-state index contributed by atoms with van der Waals surface area (Å²) in [6.07, 6.45) is 2.37. The number of nitrogens with zero attached hydrogens (tertiary/aromatic N) is 1. The van der Waals surface area contributed by atoms with Gasteiger partial charge in [-0.1, -0.05) is 24.3 Å². The lowest BCUT2D eigenvalue weighted by atomic mass is 10.0. The number of H-pyrrole nitrogens is 1. The number of unbranched alkanes of at least 4 members (excludes halogenated alkanes) is 2. The summed E-state index contributed by atoms with van der Waals surface area (Å²) >= 11 is 0. The molecule has 2 aromatic carbocycles. The first-order valence-corrected chi connectivity index (χ1v) is 19.0. The third kappa shape index (κ3) is 16.8. The Morgan fingerprint density at radius 2 is 1.09 bits per heavy atom. The topological polar surface area (TPSA) is 221 Å². The monoisotopic (exact) mass is 778 g/mol. The number of benzene rings is 2. The van der Waals surface area contributed by atoms with Crippen molar-refractivity contribution in [3.63, 3.8) is 0 Å². The van der Waals surface area contributed by atoms with Crippen molar-refractivity contribution in [2.24, 2.45) is 0 Å². The molecular formula is C41H58N6O9. The first-order chi connectivity index (χ1) is 26.3. The highest BCUT2D eigenvalue weighted by molar-refractivity contribution is 5.86. The molecule has 56 heavy (non-hydrogen) atoms. The van der Waals surface area contributed by atoms with E-state index in [0.717, 1.165) is 11.1 Å². The predicted octanol–water partition coefficient (Wildman–Crippen LogP) is 4.64. The van der Waals surface area contributed by atoms with Gasteiger partial charge in [0.2, 0.25) is 11.8 Å². The number of amides is 4. The fourth-order valence-electron chi connectivity index (χ4n) is 5.60. The van der Waals surface area contributed by atoms with Gasteiger partial charge in [0.05, 0.1) is 5.69 Å². The molecule has 15 heteroatoms. The average Bonchev–Trinajstić information content (AvgIpc) is 3.09. The Kier molecular flexibility index (Phi) is 16.7. The SMILES string of the molecule is Cc1nc(CCCCNC(=O)[C@H](Cc2ccc(O)cc2)NC(=O)OC(C)(C)C)c(=O)[nH]c1CCCCNC(=O)[C@H](Cc1ccc(O)cc1)NC(=O)OC(C)(C)C. The molecule has 3 aromatic rings. The van der Waals surface area contributed by atoms with Crippen molar-refractivity contribution in [1.82, 2.24) is 31.2 Å². The Bertz CT molecular complexity index is 1810. The van der Waals surface area contributed by atoms with Gasteiger partial charge in [-0.15, -0.1) is 0 Å². The second-order valence-electron chi connectivity index (χ2n) is 15.7. The van der Waals surface area contributed by atoms with Crippen LogP contribution in [-0.2, 0) is 44.7 Å². The van der Waals surface area contributed by atoms with Crippen molar-refractivity contribution in [2.75, 3.05) is 13.1 Å². The molecular weight excluding hydrogens is 720 g/mol. The van der Waals surface area contributed by atoms with Gasteiger partial charge in [0.25, 0.3) is 5.56 Å². The summed E-state index contributed by atoms with van der Waals surface area (Å²) in [5, 5.41) is 30.2. The summed E-state index contributed by atoms with van der Waals surface area (Å²) in [6, 6.07) is 11.0. The molecule has 306 valence electrons. The zero-order valence-electron chi connectivity index (χ0n) is 33.5. The summed E-state index contributed by atoms with van der Waals surface area (Å²) in [4.78, 5) is 71.5.